The van der Waals surface area contributed by atoms with Gasteiger partial charge in [-0.3, -0.25) is 0 Å². The maximum Gasteiger partial charge on any atom is -0.00489 e. The van der Waals surface area contributed by atoms with E-state index in [1.165, 1.54) is 142 Å². The molecule has 0 atom stereocenters. The quantitative estimate of drug-likeness (QED) is 0.185. The predicted octanol–water partition coefficient (Wildman–Crippen LogP) is 7.36. The van der Waals surface area contributed by atoms with E-state index in [1.54, 1.807) is 0 Å². The van der Waals surface area contributed by atoms with Gasteiger partial charge in [0.25, 0.3) is 0 Å². The smallest absolute Gasteiger partial charge is 0.00489 e. The van der Waals surface area contributed by atoms with Crippen molar-refractivity contribution in [2.24, 2.45) is 5.73 Å². The van der Waals surface area contributed by atoms with E-state index < -0.39 is 0 Å². The molecule has 0 spiro atoms. The molecule has 158 valence electrons. The summed E-state index contributed by atoms with van der Waals surface area (Å²) >= 11 is 0. The molecular weight excluding hydrogens is 316 g/mol. The van der Waals surface area contributed by atoms with E-state index in [4.69, 9.17) is 5.73 Å². The molecule has 0 fully saturated rings. The molecule has 2 heteroatoms. The average Bonchev–Trinajstić information content (AvgIpc) is 2.66. The van der Waals surface area contributed by atoms with Crippen LogP contribution in [0.25, 0.3) is 0 Å². The molecule has 0 radical (unpaired) electrons. The van der Waals surface area contributed by atoms with Gasteiger partial charge in [-0.05, 0) is 38.9 Å². The first-order chi connectivity index (χ1) is 12.9. The van der Waals surface area contributed by atoms with Gasteiger partial charge in [0.2, 0.25) is 0 Å². The van der Waals surface area contributed by atoms with E-state index in [0.717, 1.165) is 6.54 Å². The third kappa shape index (κ3) is 23.9. The highest BCUT2D eigenvalue weighted by molar-refractivity contribution is 4.52. The molecule has 0 unspecified atom stereocenters. The van der Waals surface area contributed by atoms with Crippen molar-refractivity contribution in [2.45, 2.75) is 135 Å². The summed E-state index contributed by atoms with van der Waals surface area (Å²) in [6.45, 7) is 5.63. The van der Waals surface area contributed by atoms with E-state index in [9.17, 15) is 0 Å². The lowest BCUT2D eigenvalue weighted by atomic mass is 10.0. The first-order valence-corrected chi connectivity index (χ1v) is 12.3. The van der Waals surface area contributed by atoms with Crippen LogP contribution >= 0.6 is 0 Å². The lowest BCUT2D eigenvalue weighted by Gasteiger charge is -2.05. The van der Waals surface area contributed by atoms with Crippen LogP contribution in [-0.4, -0.2) is 19.6 Å². The van der Waals surface area contributed by atoms with Crippen LogP contribution in [0.4, 0.5) is 0 Å². The second-order valence-electron chi connectivity index (χ2n) is 8.26. The number of hydrogen-bond acceptors (Lipinski definition) is 2. The van der Waals surface area contributed by atoms with Gasteiger partial charge < -0.3 is 11.1 Å². The average molecular weight is 369 g/mol. The number of nitrogens with two attached hydrogens (primary N) is 1. The second kappa shape index (κ2) is 24.9. The standard InChI is InChI=1S/C24H52N2/c1-2-3-4-17-20-23-26-24-21-18-15-13-11-9-7-5-6-8-10-12-14-16-19-22-25/h26H,2-25H2,1H3. The first kappa shape index (κ1) is 25.9. The van der Waals surface area contributed by atoms with E-state index in [1.807, 2.05) is 0 Å². The lowest BCUT2D eigenvalue weighted by molar-refractivity contribution is 0.522. The van der Waals surface area contributed by atoms with Crippen LogP contribution in [0.1, 0.15) is 135 Å². The van der Waals surface area contributed by atoms with Gasteiger partial charge in [0, 0.05) is 0 Å². The minimum absolute atomic E-state index is 0.871. The van der Waals surface area contributed by atoms with Gasteiger partial charge in [-0.15, -0.1) is 0 Å². The minimum atomic E-state index is 0.871. The molecule has 2 nitrogen and oxygen atoms in total. The van der Waals surface area contributed by atoms with Crippen molar-refractivity contribution >= 4 is 0 Å². The first-order valence-electron chi connectivity index (χ1n) is 12.3. The zero-order valence-electron chi connectivity index (χ0n) is 18.3. The monoisotopic (exact) mass is 368 g/mol. The van der Waals surface area contributed by atoms with Crippen LogP contribution in [0.3, 0.4) is 0 Å². The minimum Gasteiger partial charge on any atom is -0.330 e. The topological polar surface area (TPSA) is 38.0 Å². The molecule has 0 amide bonds. The third-order valence-corrected chi connectivity index (χ3v) is 5.51. The Bertz CT molecular complexity index is 206. The molecule has 0 aliphatic carbocycles. The molecule has 0 aromatic carbocycles. The van der Waals surface area contributed by atoms with Gasteiger partial charge in [-0.1, -0.05) is 116 Å². The van der Waals surface area contributed by atoms with Gasteiger partial charge in [-0.2, -0.15) is 0 Å². The Morgan fingerprint density at radius 3 is 1.08 bits per heavy atom. The summed E-state index contributed by atoms with van der Waals surface area (Å²) in [6, 6.07) is 0. The molecular formula is C24H52N2. The summed E-state index contributed by atoms with van der Waals surface area (Å²) in [5.74, 6) is 0. The fourth-order valence-electron chi connectivity index (χ4n) is 3.67. The highest BCUT2D eigenvalue weighted by atomic mass is 14.8. The molecule has 0 heterocycles. The number of unbranched alkanes of at least 4 members (excludes halogenated alkanes) is 18. The highest BCUT2D eigenvalue weighted by Gasteiger charge is 1.95. The van der Waals surface area contributed by atoms with Crippen LogP contribution in [0.15, 0.2) is 0 Å². The summed E-state index contributed by atoms with van der Waals surface area (Å²) in [5.41, 5.74) is 5.51. The molecule has 0 aromatic heterocycles. The third-order valence-electron chi connectivity index (χ3n) is 5.51. The second-order valence-corrected chi connectivity index (χ2v) is 8.26. The van der Waals surface area contributed by atoms with Gasteiger partial charge in [0.05, 0.1) is 0 Å². The summed E-state index contributed by atoms with van der Waals surface area (Å²) in [6.07, 6.45) is 28.3. The van der Waals surface area contributed by atoms with E-state index in [-0.39, 0.29) is 0 Å². The Morgan fingerprint density at radius 1 is 0.423 bits per heavy atom. The fraction of sp³-hybridized carbons (Fsp3) is 1.00. The maximum atomic E-state index is 5.51. The van der Waals surface area contributed by atoms with Crippen LogP contribution in [0.5, 0.6) is 0 Å². The molecule has 0 aliphatic heterocycles. The zero-order valence-corrected chi connectivity index (χ0v) is 18.3. The number of hydrogen-bond donors (Lipinski definition) is 2. The van der Waals surface area contributed by atoms with Gasteiger partial charge in [0.15, 0.2) is 0 Å². The molecule has 26 heavy (non-hydrogen) atoms. The molecule has 0 aromatic rings. The number of nitrogens with one attached hydrogen (secondary N) is 1. The SMILES string of the molecule is CCCCCCCNCCCCCCCCCCCCCCCCCN. The van der Waals surface area contributed by atoms with Crippen molar-refractivity contribution in [2.75, 3.05) is 19.6 Å². The molecule has 0 saturated carbocycles. The normalized spacial score (nSPS) is 11.3. The Morgan fingerprint density at radius 2 is 0.731 bits per heavy atom. The molecule has 0 bridgehead atoms. The maximum absolute atomic E-state index is 5.51. The Hall–Kier alpha value is -0.0800. The van der Waals surface area contributed by atoms with Crippen molar-refractivity contribution in [1.82, 2.24) is 5.32 Å². The highest BCUT2D eigenvalue weighted by Crippen LogP contribution is 2.13. The van der Waals surface area contributed by atoms with Crippen LogP contribution in [0.2, 0.25) is 0 Å². The summed E-state index contributed by atoms with van der Waals surface area (Å²) in [7, 11) is 0. The van der Waals surface area contributed by atoms with Crippen molar-refractivity contribution in [3.63, 3.8) is 0 Å². The Kier molecular flexibility index (Phi) is 24.8. The van der Waals surface area contributed by atoms with Crippen molar-refractivity contribution in [3.8, 4) is 0 Å². The predicted molar refractivity (Wildman–Crippen MR) is 120 cm³/mol. The van der Waals surface area contributed by atoms with E-state index >= 15 is 0 Å². The Labute approximate surface area is 166 Å². The van der Waals surface area contributed by atoms with Crippen molar-refractivity contribution in [1.29, 1.82) is 0 Å². The van der Waals surface area contributed by atoms with Crippen LogP contribution in [-0.2, 0) is 0 Å². The summed E-state index contributed by atoms with van der Waals surface area (Å²) in [4.78, 5) is 0. The molecule has 0 aliphatic rings. The lowest BCUT2D eigenvalue weighted by Crippen LogP contribution is -2.16. The Balaban J connectivity index is 2.95. The molecule has 0 rings (SSSR count). The van der Waals surface area contributed by atoms with Crippen molar-refractivity contribution < 1.29 is 0 Å². The van der Waals surface area contributed by atoms with E-state index in [0.29, 0.717) is 0 Å². The largest absolute Gasteiger partial charge is 0.330 e. The zero-order chi connectivity index (χ0) is 19.0. The summed E-state index contributed by atoms with van der Waals surface area (Å²) in [5, 5.41) is 3.61. The molecule has 0 saturated heterocycles. The fourth-order valence-corrected chi connectivity index (χ4v) is 3.67. The summed E-state index contributed by atoms with van der Waals surface area (Å²) < 4.78 is 0. The van der Waals surface area contributed by atoms with Gasteiger partial charge >= 0.3 is 0 Å². The van der Waals surface area contributed by atoms with Crippen molar-refractivity contribution in [3.05, 3.63) is 0 Å². The van der Waals surface area contributed by atoms with E-state index in [2.05, 4.69) is 12.2 Å². The number of rotatable bonds is 23. The molecule has 3 N–H and O–H groups in total. The van der Waals surface area contributed by atoms with Crippen LogP contribution in [0, 0.1) is 0 Å². The van der Waals surface area contributed by atoms with Gasteiger partial charge in [0.1, 0.15) is 0 Å². The van der Waals surface area contributed by atoms with Gasteiger partial charge in [-0.25, -0.2) is 0 Å². The van der Waals surface area contributed by atoms with Crippen LogP contribution < -0.4 is 11.1 Å².